The largest absolute Gasteiger partial charge is 0.464 e. The van der Waals surface area contributed by atoms with Gasteiger partial charge in [-0.25, -0.2) is 4.79 Å². The summed E-state index contributed by atoms with van der Waals surface area (Å²) in [7, 11) is 0. The van der Waals surface area contributed by atoms with Crippen LogP contribution in [0.2, 0.25) is 0 Å². The lowest BCUT2D eigenvalue weighted by atomic mass is 10.0. The summed E-state index contributed by atoms with van der Waals surface area (Å²) in [6.45, 7) is 5.84. The Morgan fingerprint density at radius 1 is 1.03 bits per heavy atom. The van der Waals surface area contributed by atoms with Crippen molar-refractivity contribution in [1.29, 1.82) is 0 Å². The zero-order valence-corrected chi connectivity index (χ0v) is 19.4. The Balaban J connectivity index is 2.31. The monoisotopic (exact) mass is 486 g/mol. The average Bonchev–Trinajstić information content (AvgIpc) is 2.74. The summed E-state index contributed by atoms with van der Waals surface area (Å²) >= 11 is 3.38. The van der Waals surface area contributed by atoms with E-state index in [0.717, 1.165) is 10.0 Å². The number of esters is 1. The molecule has 2 aromatic carbocycles. The highest BCUT2D eigenvalue weighted by molar-refractivity contribution is 9.10. The van der Waals surface area contributed by atoms with E-state index in [2.05, 4.69) is 26.6 Å². The van der Waals surface area contributed by atoms with Crippen LogP contribution in [0, 0.1) is 5.92 Å². The summed E-state index contributed by atoms with van der Waals surface area (Å²) in [5.41, 5.74) is 1.17. The molecule has 0 aliphatic heterocycles. The molecule has 164 valence electrons. The van der Waals surface area contributed by atoms with Crippen molar-refractivity contribution in [3.05, 3.63) is 75.9 Å². The molecule has 0 aromatic heterocycles. The van der Waals surface area contributed by atoms with Gasteiger partial charge in [0, 0.05) is 10.0 Å². The van der Waals surface area contributed by atoms with Crippen molar-refractivity contribution >= 4 is 39.8 Å². The SMILES string of the molecule is CCOC(=O)C(CC(C)C)NC(=O)/C(=C\c1ccc(Br)cc1)NC(=O)c1ccccc1. The Morgan fingerprint density at radius 2 is 1.68 bits per heavy atom. The fourth-order valence-corrected chi connectivity index (χ4v) is 3.10. The van der Waals surface area contributed by atoms with E-state index in [1.165, 1.54) is 0 Å². The highest BCUT2D eigenvalue weighted by Crippen LogP contribution is 2.14. The van der Waals surface area contributed by atoms with Crippen molar-refractivity contribution in [3.63, 3.8) is 0 Å². The summed E-state index contributed by atoms with van der Waals surface area (Å²) in [5.74, 6) is -1.32. The number of carbonyl (C=O) groups excluding carboxylic acids is 3. The quantitative estimate of drug-likeness (QED) is 0.408. The summed E-state index contributed by atoms with van der Waals surface area (Å²) in [4.78, 5) is 38.1. The zero-order chi connectivity index (χ0) is 22.8. The fraction of sp³-hybridized carbons (Fsp3) is 0.292. The van der Waals surface area contributed by atoms with E-state index in [0.29, 0.717) is 12.0 Å². The smallest absolute Gasteiger partial charge is 0.328 e. The second-order valence-electron chi connectivity index (χ2n) is 7.34. The van der Waals surface area contributed by atoms with Crippen molar-refractivity contribution in [2.75, 3.05) is 6.61 Å². The first-order valence-electron chi connectivity index (χ1n) is 10.1. The molecule has 2 aromatic rings. The highest BCUT2D eigenvalue weighted by Gasteiger charge is 2.25. The van der Waals surface area contributed by atoms with E-state index in [-0.39, 0.29) is 18.2 Å². The van der Waals surface area contributed by atoms with Gasteiger partial charge in [0.1, 0.15) is 11.7 Å². The van der Waals surface area contributed by atoms with Crippen LogP contribution in [-0.4, -0.2) is 30.4 Å². The van der Waals surface area contributed by atoms with Gasteiger partial charge in [-0.1, -0.05) is 60.1 Å². The van der Waals surface area contributed by atoms with Gasteiger partial charge in [0.05, 0.1) is 6.61 Å². The van der Waals surface area contributed by atoms with Gasteiger partial charge >= 0.3 is 5.97 Å². The maximum absolute atomic E-state index is 13.1. The molecule has 0 saturated carbocycles. The number of carbonyl (C=O) groups is 3. The van der Waals surface area contributed by atoms with Crippen molar-refractivity contribution in [3.8, 4) is 0 Å². The predicted octanol–water partition coefficient (Wildman–Crippen LogP) is 4.31. The van der Waals surface area contributed by atoms with Gasteiger partial charge in [-0.05, 0) is 55.2 Å². The first-order valence-corrected chi connectivity index (χ1v) is 10.9. The molecule has 0 radical (unpaired) electrons. The molecule has 1 unspecified atom stereocenters. The molecule has 6 nitrogen and oxygen atoms in total. The number of hydrogen-bond donors (Lipinski definition) is 2. The molecule has 0 bridgehead atoms. The maximum atomic E-state index is 13.1. The van der Waals surface area contributed by atoms with Crippen LogP contribution in [0.5, 0.6) is 0 Å². The molecule has 0 saturated heterocycles. The van der Waals surface area contributed by atoms with E-state index in [9.17, 15) is 14.4 Å². The topological polar surface area (TPSA) is 84.5 Å². The second kappa shape index (κ2) is 12.1. The molecule has 0 aliphatic rings. The van der Waals surface area contributed by atoms with Crippen LogP contribution >= 0.6 is 15.9 Å². The molecule has 2 N–H and O–H groups in total. The molecule has 2 amide bonds. The van der Waals surface area contributed by atoms with Gasteiger partial charge in [0.2, 0.25) is 0 Å². The third-order valence-corrected chi connectivity index (χ3v) is 4.82. The highest BCUT2D eigenvalue weighted by atomic mass is 79.9. The summed E-state index contributed by atoms with van der Waals surface area (Å²) in [6, 6.07) is 15.1. The van der Waals surface area contributed by atoms with E-state index in [1.54, 1.807) is 43.3 Å². The lowest BCUT2D eigenvalue weighted by Crippen LogP contribution is -2.45. The second-order valence-corrected chi connectivity index (χ2v) is 8.25. The summed E-state index contributed by atoms with van der Waals surface area (Å²) < 4.78 is 5.99. The molecule has 31 heavy (non-hydrogen) atoms. The van der Waals surface area contributed by atoms with Crippen LogP contribution in [-0.2, 0) is 14.3 Å². The third-order valence-electron chi connectivity index (χ3n) is 4.29. The van der Waals surface area contributed by atoms with Gasteiger partial charge in [-0.2, -0.15) is 0 Å². The molecule has 7 heteroatoms. The first kappa shape index (κ1) is 24.3. The minimum atomic E-state index is -0.811. The minimum Gasteiger partial charge on any atom is -0.464 e. The number of amides is 2. The molecule has 0 heterocycles. The fourth-order valence-electron chi connectivity index (χ4n) is 2.83. The minimum absolute atomic E-state index is 0.0363. The van der Waals surface area contributed by atoms with Gasteiger partial charge in [-0.15, -0.1) is 0 Å². The van der Waals surface area contributed by atoms with Gasteiger partial charge in [0.25, 0.3) is 11.8 Å². The van der Waals surface area contributed by atoms with Gasteiger partial charge in [0.15, 0.2) is 0 Å². The Bertz CT molecular complexity index is 924. The lowest BCUT2D eigenvalue weighted by Gasteiger charge is -2.20. The summed E-state index contributed by atoms with van der Waals surface area (Å²) in [5, 5.41) is 5.39. The third kappa shape index (κ3) is 8.02. The predicted molar refractivity (Wildman–Crippen MR) is 124 cm³/mol. The Hall–Kier alpha value is -2.93. The van der Waals surface area contributed by atoms with Crippen LogP contribution < -0.4 is 10.6 Å². The van der Waals surface area contributed by atoms with Crippen LogP contribution in [0.25, 0.3) is 6.08 Å². The van der Waals surface area contributed by atoms with E-state index < -0.39 is 23.8 Å². The van der Waals surface area contributed by atoms with E-state index in [1.807, 2.05) is 38.1 Å². The number of ether oxygens (including phenoxy) is 1. The number of benzene rings is 2. The number of rotatable bonds is 9. The maximum Gasteiger partial charge on any atom is 0.328 e. The van der Waals surface area contributed by atoms with Crippen LogP contribution in [0.15, 0.2) is 64.8 Å². The zero-order valence-electron chi connectivity index (χ0n) is 17.9. The standard InChI is InChI=1S/C24H27BrN2O4/c1-4-31-24(30)21(14-16(2)3)27-23(29)20(15-17-10-12-19(25)13-11-17)26-22(28)18-8-6-5-7-9-18/h5-13,15-16,21H,4,14H2,1-3H3,(H,26,28)(H,27,29)/b20-15+. The van der Waals surface area contributed by atoms with E-state index >= 15 is 0 Å². The number of nitrogens with one attached hydrogen (secondary N) is 2. The molecule has 2 rings (SSSR count). The Labute approximate surface area is 191 Å². The van der Waals surface area contributed by atoms with Crippen molar-refractivity contribution in [1.82, 2.24) is 10.6 Å². The van der Waals surface area contributed by atoms with Crippen molar-refractivity contribution in [2.45, 2.75) is 33.2 Å². The molecular formula is C24H27BrN2O4. The van der Waals surface area contributed by atoms with Gasteiger partial charge < -0.3 is 15.4 Å². The van der Waals surface area contributed by atoms with Crippen molar-refractivity contribution < 1.29 is 19.1 Å². The number of halogens is 1. The molecule has 0 fully saturated rings. The Kier molecular flexibility index (Phi) is 9.46. The van der Waals surface area contributed by atoms with Crippen LogP contribution in [0.3, 0.4) is 0 Å². The molecule has 0 aliphatic carbocycles. The van der Waals surface area contributed by atoms with Crippen LogP contribution in [0.1, 0.15) is 43.1 Å². The molecule has 1 atom stereocenters. The molecule has 0 spiro atoms. The van der Waals surface area contributed by atoms with Crippen molar-refractivity contribution in [2.24, 2.45) is 5.92 Å². The lowest BCUT2D eigenvalue weighted by molar-refractivity contribution is -0.147. The molecular weight excluding hydrogens is 460 g/mol. The van der Waals surface area contributed by atoms with Crippen LogP contribution in [0.4, 0.5) is 0 Å². The van der Waals surface area contributed by atoms with E-state index in [4.69, 9.17) is 4.74 Å². The Morgan fingerprint density at radius 3 is 2.26 bits per heavy atom. The normalized spacial score (nSPS) is 12.2. The summed E-state index contributed by atoms with van der Waals surface area (Å²) in [6.07, 6.45) is 1.99. The number of hydrogen-bond acceptors (Lipinski definition) is 4. The van der Waals surface area contributed by atoms with Gasteiger partial charge in [-0.3, -0.25) is 9.59 Å². The first-order chi connectivity index (χ1) is 14.8. The average molecular weight is 487 g/mol.